The Morgan fingerprint density at radius 1 is 1.06 bits per heavy atom. The molecule has 1 unspecified atom stereocenters. The van der Waals surface area contributed by atoms with E-state index in [4.69, 9.17) is 0 Å². The van der Waals surface area contributed by atoms with Gasteiger partial charge in [-0.15, -0.1) is 0 Å². The van der Waals surface area contributed by atoms with Gasteiger partial charge < -0.3 is 4.57 Å². The second-order valence-corrected chi connectivity index (χ2v) is 4.90. The minimum Gasteiger partial charge on any atom is -0.323 e. The van der Waals surface area contributed by atoms with E-state index in [1.807, 2.05) is 0 Å². The highest BCUT2D eigenvalue weighted by Gasteiger charge is 2.16. The largest absolute Gasteiger partial charge is 0.323 e. The van der Waals surface area contributed by atoms with Crippen LogP contribution in [0.3, 0.4) is 0 Å². The zero-order valence-corrected chi connectivity index (χ0v) is 9.69. The lowest BCUT2D eigenvalue weighted by atomic mass is 9.88. The summed E-state index contributed by atoms with van der Waals surface area (Å²) in [6, 6.07) is 10.6. The van der Waals surface area contributed by atoms with Crippen LogP contribution in [0.5, 0.6) is 0 Å². The minimum absolute atomic E-state index is 0.846. The Bertz CT molecular complexity index is 481. The van der Waals surface area contributed by atoms with Gasteiger partial charge in [0.1, 0.15) is 0 Å². The predicted octanol–water partition coefficient (Wildman–Crippen LogP) is 3.60. The number of hydrogen-bond acceptors (Lipinski definition) is 0. The first-order chi connectivity index (χ1) is 7.83. The molecule has 82 valence electrons. The summed E-state index contributed by atoms with van der Waals surface area (Å²) < 4.78 is 2.27. The Hall–Kier alpha value is -1.50. The van der Waals surface area contributed by atoms with Gasteiger partial charge in [-0.2, -0.15) is 0 Å². The normalized spacial score (nSPS) is 19.4. The highest BCUT2D eigenvalue weighted by atomic mass is 14.9. The van der Waals surface area contributed by atoms with Crippen LogP contribution in [0.1, 0.15) is 24.5 Å². The number of para-hydroxylation sites is 1. The van der Waals surface area contributed by atoms with Gasteiger partial charge in [0.15, 0.2) is 0 Å². The van der Waals surface area contributed by atoms with Crippen molar-refractivity contribution < 1.29 is 0 Å². The predicted molar refractivity (Wildman–Crippen MR) is 67.0 cm³/mol. The standard InChI is InChI=1S/C15H17N/c1-12-7-8-13-10-16(11-14(13)9-12)15-5-3-2-4-6-15/h2-6,10-12H,7-9H2,1H3. The molecule has 1 nitrogen and oxygen atoms in total. The van der Waals surface area contributed by atoms with E-state index in [0.29, 0.717) is 0 Å². The van der Waals surface area contributed by atoms with Crippen LogP contribution in [0.15, 0.2) is 42.7 Å². The topological polar surface area (TPSA) is 4.93 Å². The molecule has 0 aliphatic heterocycles. The van der Waals surface area contributed by atoms with Crippen molar-refractivity contribution in [3.8, 4) is 5.69 Å². The number of rotatable bonds is 1. The van der Waals surface area contributed by atoms with Crippen LogP contribution in [0.2, 0.25) is 0 Å². The van der Waals surface area contributed by atoms with Crippen LogP contribution in [0.4, 0.5) is 0 Å². The third kappa shape index (κ3) is 1.67. The van der Waals surface area contributed by atoms with Crippen LogP contribution >= 0.6 is 0 Å². The molecule has 3 rings (SSSR count). The van der Waals surface area contributed by atoms with Gasteiger partial charge in [0.05, 0.1) is 0 Å². The second-order valence-electron chi connectivity index (χ2n) is 4.90. The summed E-state index contributed by atoms with van der Waals surface area (Å²) in [5.41, 5.74) is 4.36. The fourth-order valence-electron chi connectivity index (χ4n) is 2.58. The molecule has 1 atom stereocenters. The lowest BCUT2D eigenvalue weighted by molar-refractivity contribution is 0.503. The maximum atomic E-state index is 2.35. The zero-order valence-electron chi connectivity index (χ0n) is 9.69. The summed E-state index contributed by atoms with van der Waals surface area (Å²) in [5, 5.41) is 0. The van der Waals surface area contributed by atoms with E-state index in [2.05, 4.69) is 54.2 Å². The van der Waals surface area contributed by atoms with E-state index in [9.17, 15) is 0 Å². The van der Waals surface area contributed by atoms with Gasteiger partial charge in [-0.05, 0) is 48.4 Å². The van der Waals surface area contributed by atoms with Crippen LogP contribution in [-0.4, -0.2) is 4.57 Å². The molecule has 16 heavy (non-hydrogen) atoms. The quantitative estimate of drug-likeness (QED) is 0.679. The molecule has 2 aromatic rings. The highest BCUT2D eigenvalue weighted by Crippen LogP contribution is 2.27. The monoisotopic (exact) mass is 211 g/mol. The number of fused-ring (bicyclic) bond motifs is 1. The van der Waals surface area contributed by atoms with Crippen LogP contribution in [0.25, 0.3) is 5.69 Å². The first-order valence-electron chi connectivity index (χ1n) is 6.08. The minimum atomic E-state index is 0.846. The summed E-state index contributed by atoms with van der Waals surface area (Å²) >= 11 is 0. The molecule has 1 aliphatic carbocycles. The smallest absolute Gasteiger partial charge is 0.0449 e. The number of nitrogens with zero attached hydrogens (tertiary/aromatic N) is 1. The summed E-state index contributed by atoms with van der Waals surface area (Å²) in [5.74, 6) is 0.846. The number of benzene rings is 1. The van der Waals surface area contributed by atoms with Crippen molar-refractivity contribution >= 4 is 0 Å². The van der Waals surface area contributed by atoms with Gasteiger partial charge in [-0.1, -0.05) is 25.1 Å². The highest BCUT2D eigenvalue weighted by molar-refractivity contribution is 5.38. The van der Waals surface area contributed by atoms with Gasteiger partial charge in [-0.3, -0.25) is 0 Å². The number of hydrogen-bond donors (Lipinski definition) is 0. The maximum absolute atomic E-state index is 2.35. The molecule has 0 fully saturated rings. The summed E-state index contributed by atoms with van der Waals surface area (Å²) in [6.07, 6.45) is 8.44. The fourth-order valence-corrected chi connectivity index (χ4v) is 2.58. The van der Waals surface area contributed by atoms with Crippen molar-refractivity contribution in [2.24, 2.45) is 5.92 Å². The van der Waals surface area contributed by atoms with Crippen LogP contribution < -0.4 is 0 Å². The summed E-state index contributed by atoms with van der Waals surface area (Å²) in [6.45, 7) is 2.35. The van der Waals surface area contributed by atoms with Crippen molar-refractivity contribution in [1.82, 2.24) is 4.57 Å². The van der Waals surface area contributed by atoms with Gasteiger partial charge in [0, 0.05) is 18.1 Å². The fraction of sp³-hybridized carbons (Fsp3) is 0.333. The molecule has 0 saturated heterocycles. The third-order valence-electron chi connectivity index (χ3n) is 3.53. The van der Waals surface area contributed by atoms with E-state index in [-0.39, 0.29) is 0 Å². The Morgan fingerprint density at radius 3 is 2.62 bits per heavy atom. The number of aryl methyl sites for hydroxylation is 1. The Kier molecular flexibility index (Phi) is 2.32. The second kappa shape index (κ2) is 3.82. The Morgan fingerprint density at radius 2 is 1.81 bits per heavy atom. The van der Waals surface area contributed by atoms with Crippen molar-refractivity contribution in [2.45, 2.75) is 26.2 Å². The Balaban J connectivity index is 1.99. The van der Waals surface area contributed by atoms with Gasteiger partial charge in [0.25, 0.3) is 0 Å². The van der Waals surface area contributed by atoms with Crippen molar-refractivity contribution in [2.75, 3.05) is 0 Å². The molecule has 1 aliphatic rings. The molecule has 0 amide bonds. The lowest BCUT2D eigenvalue weighted by Gasteiger charge is -2.17. The average Bonchev–Trinajstić information content (AvgIpc) is 2.73. The molecule has 1 aromatic heterocycles. The van der Waals surface area contributed by atoms with Crippen molar-refractivity contribution in [1.29, 1.82) is 0 Å². The van der Waals surface area contributed by atoms with Crippen molar-refractivity contribution in [3.05, 3.63) is 53.9 Å². The van der Waals surface area contributed by atoms with Gasteiger partial charge in [-0.25, -0.2) is 0 Å². The first kappa shape index (κ1) is 9.71. The molecule has 1 aromatic carbocycles. The molecule has 1 heteroatoms. The third-order valence-corrected chi connectivity index (χ3v) is 3.53. The van der Waals surface area contributed by atoms with Gasteiger partial charge >= 0.3 is 0 Å². The molecule has 1 heterocycles. The van der Waals surface area contributed by atoms with E-state index >= 15 is 0 Å². The first-order valence-corrected chi connectivity index (χ1v) is 6.08. The molecule has 0 radical (unpaired) electrons. The molecule has 0 N–H and O–H groups in total. The summed E-state index contributed by atoms with van der Waals surface area (Å²) in [4.78, 5) is 0. The molecule has 0 saturated carbocycles. The lowest BCUT2D eigenvalue weighted by Crippen LogP contribution is -2.08. The van der Waals surface area contributed by atoms with E-state index in [1.165, 1.54) is 24.9 Å². The molecule has 0 spiro atoms. The van der Waals surface area contributed by atoms with E-state index < -0.39 is 0 Å². The maximum Gasteiger partial charge on any atom is 0.0449 e. The molecular formula is C15H17N. The van der Waals surface area contributed by atoms with Crippen LogP contribution in [-0.2, 0) is 12.8 Å². The number of aromatic nitrogens is 1. The SMILES string of the molecule is CC1CCc2cn(-c3ccccc3)cc2C1. The zero-order chi connectivity index (χ0) is 11.0. The van der Waals surface area contributed by atoms with Crippen molar-refractivity contribution in [3.63, 3.8) is 0 Å². The van der Waals surface area contributed by atoms with Gasteiger partial charge in [0.2, 0.25) is 0 Å². The van der Waals surface area contributed by atoms with Crippen LogP contribution in [0, 0.1) is 5.92 Å². The molecular weight excluding hydrogens is 194 g/mol. The average molecular weight is 211 g/mol. The van der Waals surface area contributed by atoms with E-state index in [0.717, 1.165) is 5.92 Å². The Labute approximate surface area is 96.7 Å². The molecule has 0 bridgehead atoms. The van der Waals surface area contributed by atoms with E-state index in [1.54, 1.807) is 11.1 Å². The summed E-state index contributed by atoms with van der Waals surface area (Å²) in [7, 11) is 0.